The Morgan fingerprint density at radius 3 is 2.09 bits per heavy atom. The Morgan fingerprint density at radius 1 is 0.886 bits per heavy atom. The van der Waals surface area contributed by atoms with Gasteiger partial charge in [-0.2, -0.15) is 5.09 Å². The number of rotatable bonds is 12. The molecule has 0 bridgehead atoms. The van der Waals surface area contributed by atoms with Crippen LogP contribution in [0, 0.1) is 0 Å². The van der Waals surface area contributed by atoms with Crippen LogP contribution in [0.15, 0.2) is 91.0 Å². The molecule has 3 aromatic rings. The van der Waals surface area contributed by atoms with Gasteiger partial charge in [-0.05, 0) is 29.7 Å². The van der Waals surface area contributed by atoms with Gasteiger partial charge in [0.05, 0.1) is 13.2 Å². The molecular formula is C26H28NO7P. The number of ether oxygens (including phenoxy) is 3. The van der Waals surface area contributed by atoms with Crippen LogP contribution in [-0.2, 0) is 41.1 Å². The zero-order valence-electron chi connectivity index (χ0n) is 19.2. The first-order chi connectivity index (χ1) is 17.1. The molecule has 0 radical (unpaired) electrons. The number of nitrogens with one attached hydrogen (secondary N) is 1. The molecule has 1 fully saturated rings. The van der Waals surface area contributed by atoms with Gasteiger partial charge in [0.2, 0.25) is 0 Å². The van der Waals surface area contributed by atoms with Crippen molar-refractivity contribution < 1.29 is 32.6 Å². The van der Waals surface area contributed by atoms with Gasteiger partial charge in [0.1, 0.15) is 25.0 Å². The molecule has 35 heavy (non-hydrogen) atoms. The summed E-state index contributed by atoms with van der Waals surface area (Å²) in [7, 11) is -4.05. The SMILES string of the molecule is O=C(OCc1ccccc1)[C@H](Cc1ccccc1)NP(=O)(OCC1OCCO1)Oc1ccccc1. The molecule has 0 amide bonds. The van der Waals surface area contributed by atoms with Gasteiger partial charge in [-0.1, -0.05) is 78.9 Å². The average Bonchev–Trinajstić information content (AvgIpc) is 3.42. The summed E-state index contributed by atoms with van der Waals surface area (Å²) in [6.07, 6.45) is -0.446. The average molecular weight is 497 g/mol. The zero-order chi connectivity index (χ0) is 24.3. The van der Waals surface area contributed by atoms with Crippen LogP contribution in [0.1, 0.15) is 11.1 Å². The number of carbonyl (C=O) groups excluding carboxylic acids is 1. The second-order valence-electron chi connectivity index (χ2n) is 7.83. The van der Waals surface area contributed by atoms with E-state index >= 15 is 0 Å². The topological polar surface area (TPSA) is 92.3 Å². The minimum atomic E-state index is -4.05. The van der Waals surface area contributed by atoms with E-state index in [4.69, 9.17) is 23.3 Å². The number of hydrogen-bond donors (Lipinski definition) is 1. The molecule has 4 rings (SSSR count). The summed E-state index contributed by atoms with van der Waals surface area (Å²) in [5, 5.41) is 2.81. The third-order valence-corrected chi connectivity index (χ3v) is 6.71. The molecule has 0 aliphatic carbocycles. The molecule has 0 spiro atoms. The monoisotopic (exact) mass is 497 g/mol. The maximum atomic E-state index is 13.8. The van der Waals surface area contributed by atoms with Crippen molar-refractivity contribution in [3.05, 3.63) is 102 Å². The van der Waals surface area contributed by atoms with Gasteiger partial charge in [-0.25, -0.2) is 4.57 Å². The lowest BCUT2D eigenvalue weighted by atomic mass is 10.1. The Balaban J connectivity index is 1.52. The minimum Gasteiger partial charge on any atom is -0.460 e. The summed E-state index contributed by atoms with van der Waals surface area (Å²) in [6, 6.07) is 26.3. The summed E-state index contributed by atoms with van der Waals surface area (Å²) < 4.78 is 41.6. The largest absolute Gasteiger partial charge is 0.460 e. The predicted octanol–water partition coefficient (Wildman–Crippen LogP) is 4.51. The fraction of sp³-hybridized carbons (Fsp3) is 0.269. The molecule has 184 valence electrons. The lowest BCUT2D eigenvalue weighted by Crippen LogP contribution is -2.39. The van der Waals surface area contributed by atoms with Crippen LogP contribution in [0.3, 0.4) is 0 Å². The van der Waals surface area contributed by atoms with E-state index < -0.39 is 26.0 Å². The van der Waals surface area contributed by atoms with Gasteiger partial charge in [0, 0.05) is 0 Å². The van der Waals surface area contributed by atoms with Crippen LogP contribution < -0.4 is 9.61 Å². The highest BCUT2D eigenvalue weighted by Gasteiger charge is 2.36. The predicted molar refractivity (Wildman–Crippen MR) is 130 cm³/mol. The van der Waals surface area contributed by atoms with Crippen molar-refractivity contribution in [3.8, 4) is 5.75 Å². The van der Waals surface area contributed by atoms with Crippen LogP contribution in [-0.4, -0.2) is 38.1 Å². The van der Waals surface area contributed by atoms with Crippen LogP contribution in [0.5, 0.6) is 5.75 Å². The minimum absolute atomic E-state index is 0.0844. The van der Waals surface area contributed by atoms with Gasteiger partial charge >= 0.3 is 13.7 Å². The number of benzene rings is 3. The summed E-state index contributed by atoms with van der Waals surface area (Å²) in [5.41, 5.74) is 1.70. The smallest absolute Gasteiger partial charge is 0.459 e. The molecule has 2 atom stereocenters. The molecular weight excluding hydrogens is 469 g/mol. The Labute approximate surface area is 204 Å². The van der Waals surface area contributed by atoms with Crippen molar-refractivity contribution in [1.82, 2.24) is 5.09 Å². The summed E-state index contributed by atoms with van der Waals surface area (Å²) in [5.74, 6) is -0.251. The first-order valence-corrected chi connectivity index (χ1v) is 12.9. The quantitative estimate of drug-likeness (QED) is 0.289. The Kier molecular flexibility index (Phi) is 9.06. The maximum absolute atomic E-state index is 13.8. The number of esters is 1. The molecule has 9 heteroatoms. The van der Waals surface area contributed by atoms with Gasteiger partial charge in [0.15, 0.2) is 6.29 Å². The first kappa shape index (κ1) is 25.1. The van der Waals surface area contributed by atoms with Crippen LogP contribution in [0.2, 0.25) is 0 Å². The van der Waals surface area contributed by atoms with Crippen molar-refractivity contribution in [2.45, 2.75) is 25.4 Å². The lowest BCUT2D eigenvalue weighted by molar-refractivity contribution is -0.147. The highest BCUT2D eigenvalue weighted by Crippen LogP contribution is 2.45. The van der Waals surface area contributed by atoms with E-state index in [0.29, 0.717) is 19.0 Å². The van der Waals surface area contributed by atoms with Crippen molar-refractivity contribution >= 4 is 13.7 Å². The van der Waals surface area contributed by atoms with Crippen LogP contribution in [0.25, 0.3) is 0 Å². The van der Waals surface area contributed by atoms with E-state index in [1.165, 1.54) is 0 Å². The molecule has 3 aromatic carbocycles. The molecule has 8 nitrogen and oxygen atoms in total. The van der Waals surface area contributed by atoms with Crippen molar-refractivity contribution in [1.29, 1.82) is 0 Å². The lowest BCUT2D eigenvalue weighted by Gasteiger charge is -2.25. The molecule has 1 heterocycles. The third-order valence-electron chi connectivity index (χ3n) is 5.15. The third kappa shape index (κ3) is 8.02. The highest BCUT2D eigenvalue weighted by molar-refractivity contribution is 7.52. The molecule has 1 aliphatic rings. The van der Waals surface area contributed by atoms with Crippen LogP contribution >= 0.6 is 7.75 Å². The maximum Gasteiger partial charge on any atom is 0.459 e. The number of carbonyl (C=O) groups is 1. The fourth-order valence-corrected chi connectivity index (χ4v) is 4.90. The van der Waals surface area contributed by atoms with Gasteiger partial charge < -0.3 is 18.7 Å². The van der Waals surface area contributed by atoms with Gasteiger partial charge in [-0.15, -0.1) is 0 Å². The Morgan fingerprint density at radius 2 is 1.46 bits per heavy atom. The normalized spacial score (nSPS) is 16.3. The Hall–Kier alpha value is -3.00. The van der Waals surface area contributed by atoms with Crippen molar-refractivity contribution in [2.24, 2.45) is 0 Å². The van der Waals surface area contributed by atoms with E-state index in [2.05, 4.69) is 5.09 Å². The van der Waals surface area contributed by atoms with E-state index in [1.54, 1.807) is 24.3 Å². The summed E-state index contributed by atoms with van der Waals surface area (Å²) in [6.45, 7) is 0.802. The van der Waals surface area contributed by atoms with Gasteiger partial charge in [0.25, 0.3) is 0 Å². The van der Waals surface area contributed by atoms with Crippen LogP contribution in [0.4, 0.5) is 0 Å². The standard InChI is InChI=1S/C26H28NO7P/c28-26(32-19-22-12-6-2-7-13-22)24(18-21-10-4-1-5-11-21)27-35(29,33-20-25-30-16-17-31-25)34-23-14-8-3-9-15-23/h1-15,24-25H,16-20H2,(H,27,29)/t24-,35?/m0/s1. The summed E-state index contributed by atoms with van der Waals surface area (Å²) in [4.78, 5) is 13.1. The second kappa shape index (κ2) is 12.6. The Bertz CT molecular complexity index is 1090. The second-order valence-corrected chi connectivity index (χ2v) is 9.53. The van der Waals surface area contributed by atoms with E-state index in [1.807, 2.05) is 66.7 Å². The number of hydrogen-bond acceptors (Lipinski definition) is 7. The molecule has 1 saturated heterocycles. The van der Waals surface area contributed by atoms with E-state index in [9.17, 15) is 9.36 Å². The molecule has 0 aromatic heterocycles. The van der Waals surface area contributed by atoms with Gasteiger partial charge in [-0.3, -0.25) is 9.32 Å². The molecule has 1 unspecified atom stereocenters. The van der Waals surface area contributed by atoms with E-state index in [0.717, 1.165) is 11.1 Å². The zero-order valence-corrected chi connectivity index (χ0v) is 20.0. The van der Waals surface area contributed by atoms with Crippen molar-refractivity contribution in [2.75, 3.05) is 19.8 Å². The molecule has 1 aliphatic heterocycles. The molecule has 1 N–H and O–H groups in total. The number of para-hydroxylation sites is 1. The fourth-order valence-electron chi connectivity index (χ4n) is 3.42. The highest BCUT2D eigenvalue weighted by atomic mass is 31.2. The molecule has 0 saturated carbocycles. The van der Waals surface area contributed by atoms with Crippen molar-refractivity contribution in [3.63, 3.8) is 0 Å². The summed E-state index contributed by atoms with van der Waals surface area (Å²) >= 11 is 0. The van der Waals surface area contributed by atoms with E-state index in [-0.39, 0.29) is 19.6 Å². The first-order valence-electron chi connectivity index (χ1n) is 11.3.